The van der Waals surface area contributed by atoms with Gasteiger partial charge in [-0.2, -0.15) is 0 Å². The lowest BCUT2D eigenvalue weighted by atomic mass is 10.2. The zero-order valence-electron chi connectivity index (χ0n) is 12.9. The van der Waals surface area contributed by atoms with E-state index in [-0.39, 0.29) is 25.1 Å². The number of sulfonamides is 1. The van der Waals surface area contributed by atoms with Crippen LogP contribution in [-0.2, 0) is 10.0 Å². The molecule has 134 valence electrons. The van der Waals surface area contributed by atoms with E-state index in [1.165, 1.54) is 18.2 Å². The van der Waals surface area contributed by atoms with Gasteiger partial charge in [-0.1, -0.05) is 12.1 Å². The van der Waals surface area contributed by atoms with E-state index >= 15 is 0 Å². The van der Waals surface area contributed by atoms with Crippen LogP contribution in [0.15, 0.2) is 47.4 Å². The number of carbonyl (C=O) groups is 1. The summed E-state index contributed by atoms with van der Waals surface area (Å²) in [6.45, 7) is -0.0445. The first-order chi connectivity index (χ1) is 11.8. The molecule has 0 unspecified atom stereocenters. The maximum Gasteiger partial charge on any atom is 0.254 e. The van der Waals surface area contributed by atoms with Crippen molar-refractivity contribution >= 4 is 15.9 Å². The molecule has 2 N–H and O–H groups in total. The van der Waals surface area contributed by atoms with Crippen LogP contribution in [0.1, 0.15) is 16.8 Å². The van der Waals surface area contributed by atoms with Crippen LogP contribution in [0.5, 0.6) is 0 Å². The summed E-state index contributed by atoms with van der Waals surface area (Å²) in [5, 5.41) is 2.44. The lowest BCUT2D eigenvalue weighted by Gasteiger charge is -2.09. The molecule has 25 heavy (non-hydrogen) atoms. The van der Waals surface area contributed by atoms with Gasteiger partial charge in [-0.05, 0) is 36.8 Å². The van der Waals surface area contributed by atoms with Crippen LogP contribution in [0, 0.1) is 17.5 Å². The maximum atomic E-state index is 13.5. The molecular formula is C16H15F3N2O3S. The molecule has 9 heteroatoms. The lowest BCUT2D eigenvalue weighted by Crippen LogP contribution is -2.30. The second kappa shape index (κ2) is 8.13. The highest BCUT2D eigenvalue weighted by Gasteiger charge is 2.19. The van der Waals surface area contributed by atoms with Crippen molar-refractivity contribution in [3.63, 3.8) is 0 Å². The number of carbonyl (C=O) groups excluding carboxylic acids is 1. The highest BCUT2D eigenvalue weighted by Crippen LogP contribution is 2.15. The van der Waals surface area contributed by atoms with Crippen molar-refractivity contribution in [3.05, 3.63) is 65.5 Å². The topological polar surface area (TPSA) is 75.3 Å². The van der Waals surface area contributed by atoms with Crippen molar-refractivity contribution in [2.45, 2.75) is 11.3 Å². The fourth-order valence-electron chi connectivity index (χ4n) is 2.00. The van der Waals surface area contributed by atoms with Gasteiger partial charge >= 0.3 is 0 Å². The predicted molar refractivity (Wildman–Crippen MR) is 84.9 cm³/mol. The molecule has 5 nitrogen and oxygen atoms in total. The van der Waals surface area contributed by atoms with Crippen molar-refractivity contribution in [3.8, 4) is 0 Å². The molecule has 0 aliphatic rings. The summed E-state index contributed by atoms with van der Waals surface area (Å²) < 4.78 is 65.9. The Balaban J connectivity index is 1.84. The Morgan fingerprint density at radius 1 is 0.960 bits per heavy atom. The number of hydrogen-bond donors (Lipinski definition) is 2. The van der Waals surface area contributed by atoms with Crippen LogP contribution in [0.3, 0.4) is 0 Å². The van der Waals surface area contributed by atoms with Crippen molar-refractivity contribution in [1.82, 2.24) is 10.0 Å². The Bertz CT molecular complexity index is 873. The van der Waals surface area contributed by atoms with Crippen molar-refractivity contribution in [1.29, 1.82) is 0 Å². The quantitative estimate of drug-likeness (QED) is 0.732. The third-order valence-electron chi connectivity index (χ3n) is 3.23. The fourth-order valence-corrected chi connectivity index (χ4v) is 3.16. The predicted octanol–water partition coefficient (Wildman–Crippen LogP) is 2.20. The van der Waals surface area contributed by atoms with Crippen LogP contribution < -0.4 is 10.0 Å². The number of benzene rings is 2. The molecule has 0 aliphatic carbocycles. The first-order valence-electron chi connectivity index (χ1n) is 7.29. The highest BCUT2D eigenvalue weighted by atomic mass is 32.2. The molecule has 0 fully saturated rings. The smallest absolute Gasteiger partial charge is 0.254 e. The van der Waals surface area contributed by atoms with Gasteiger partial charge in [0.15, 0.2) is 0 Å². The molecule has 2 aromatic rings. The largest absolute Gasteiger partial charge is 0.352 e. The Hall–Kier alpha value is -2.39. The molecule has 0 saturated heterocycles. The molecule has 0 bridgehead atoms. The summed E-state index contributed by atoms with van der Waals surface area (Å²) in [6.07, 6.45) is 0.177. The summed E-state index contributed by atoms with van der Waals surface area (Å²) in [4.78, 5) is 11.0. The molecule has 1 amide bonds. The summed E-state index contributed by atoms with van der Waals surface area (Å²) in [5.74, 6) is -3.24. The maximum absolute atomic E-state index is 13.5. The molecule has 0 radical (unpaired) electrons. The molecule has 0 heterocycles. The van der Waals surface area contributed by atoms with Crippen LogP contribution >= 0.6 is 0 Å². The van der Waals surface area contributed by atoms with Gasteiger partial charge in [-0.3, -0.25) is 4.79 Å². The Morgan fingerprint density at radius 2 is 1.68 bits per heavy atom. The second-order valence-electron chi connectivity index (χ2n) is 5.06. The van der Waals surface area contributed by atoms with Gasteiger partial charge in [0.1, 0.15) is 22.3 Å². The number of amides is 1. The van der Waals surface area contributed by atoms with E-state index in [9.17, 15) is 26.4 Å². The van der Waals surface area contributed by atoms with E-state index in [2.05, 4.69) is 10.0 Å². The zero-order chi connectivity index (χ0) is 18.4. The average molecular weight is 372 g/mol. The first-order valence-corrected chi connectivity index (χ1v) is 8.77. The number of nitrogens with one attached hydrogen (secondary N) is 2. The molecule has 0 spiro atoms. The minimum atomic E-state index is -4.21. The van der Waals surface area contributed by atoms with E-state index in [0.29, 0.717) is 6.07 Å². The molecule has 0 saturated carbocycles. The number of rotatable bonds is 7. The third kappa shape index (κ3) is 5.04. The molecule has 0 aliphatic heterocycles. The van der Waals surface area contributed by atoms with Crippen molar-refractivity contribution in [2.24, 2.45) is 0 Å². The Kier molecular flexibility index (Phi) is 6.16. The van der Waals surface area contributed by atoms with E-state index < -0.39 is 38.3 Å². The lowest BCUT2D eigenvalue weighted by molar-refractivity contribution is 0.0949. The Morgan fingerprint density at radius 3 is 2.40 bits per heavy atom. The minimum Gasteiger partial charge on any atom is -0.352 e. The number of halogens is 3. The van der Waals surface area contributed by atoms with Gasteiger partial charge in [0.2, 0.25) is 10.0 Å². The van der Waals surface area contributed by atoms with Gasteiger partial charge in [-0.25, -0.2) is 26.3 Å². The van der Waals surface area contributed by atoms with E-state index in [1.54, 1.807) is 0 Å². The second-order valence-corrected chi connectivity index (χ2v) is 6.80. The van der Waals surface area contributed by atoms with Gasteiger partial charge in [0, 0.05) is 13.1 Å². The molecule has 0 aromatic heterocycles. The van der Waals surface area contributed by atoms with Crippen LogP contribution in [0.4, 0.5) is 13.2 Å². The summed E-state index contributed by atoms with van der Waals surface area (Å²) in [5.41, 5.74) is -0.120. The van der Waals surface area contributed by atoms with Crippen molar-refractivity contribution < 1.29 is 26.4 Å². The Labute approximate surface area is 142 Å². The minimum absolute atomic E-state index is 0.0708. The molecule has 2 rings (SSSR count). The van der Waals surface area contributed by atoms with Crippen molar-refractivity contribution in [2.75, 3.05) is 13.1 Å². The first kappa shape index (κ1) is 18.9. The van der Waals surface area contributed by atoms with E-state index in [0.717, 1.165) is 18.2 Å². The van der Waals surface area contributed by atoms with E-state index in [4.69, 9.17) is 0 Å². The normalized spacial score (nSPS) is 11.3. The summed E-state index contributed by atoms with van der Waals surface area (Å²) in [6, 6.07) is 7.55. The SMILES string of the molecule is O=C(NCCCNS(=O)(=O)c1cc(F)ccc1F)c1ccccc1F. The van der Waals surface area contributed by atoms with Crippen LogP contribution in [0.2, 0.25) is 0 Å². The van der Waals surface area contributed by atoms with Gasteiger partial charge in [-0.15, -0.1) is 0 Å². The van der Waals surface area contributed by atoms with Gasteiger partial charge < -0.3 is 5.32 Å². The molecule has 0 atom stereocenters. The molecular weight excluding hydrogens is 357 g/mol. The van der Waals surface area contributed by atoms with E-state index in [1.807, 2.05) is 0 Å². The number of hydrogen-bond acceptors (Lipinski definition) is 3. The van der Waals surface area contributed by atoms with Gasteiger partial charge in [0.25, 0.3) is 5.91 Å². The third-order valence-corrected chi connectivity index (χ3v) is 4.71. The van der Waals surface area contributed by atoms with Crippen LogP contribution in [0.25, 0.3) is 0 Å². The monoisotopic (exact) mass is 372 g/mol. The average Bonchev–Trinajstić information content (AvgIpc) is 2.56. The summed E-state index contributed by atoms with van der Waals surface area (Å²) in [7, 11) is -4.21. The standard InChI is InChI=1S/C16H15F3N2O3S/c17-11-6-7-14(19)15(10-11)25(23,24)21-9-3-8-20-16(22)12-4-1-2-5-13(12)18/h1-2,4-7,10,21H,3,8-9H2,(H,20,22). The zero-order valence-corrected chi connectivity index (χ0v) is 13.7. The van der Waals surface area contributed by atoms with Crippen LogP contribution in [-0.4, -0.2) is 27.4 Å². The van der Waals surface area contributed by atoms with Gasteiger partial charge in [0.05, 0.1) is 5.56 Å². The molecule has 2 aromatic carbocycles. The summed E-state index contributed by atoms with van der Waals surface area (Å²) >= 11 is 0. The fraction of sp³-hybridized carbons (Fsp3) is 0.188. The highest BCUT2D eigenvalue weighted by molar-refractivity contribution is 7.89.